The van der Waals surface area contributed by atoms with Crippen molar-refractivity contribution in [1.29, 1.82) is 0 Å². The summed E-state index contributed by atoms with van der Waals surface area (Å²) in [5.41, 5.74) is 9.51. The van der Waals surface area contributed by atoms with Gasteiger partial charge in [-0.2, -0.15) is 5.10 Å². The Labute approximate surface area is 123 Å². The molecule has 0 saturated heterocycles. The predicted octanol–water partition coefficient (Wildman–Crippen LogP) is 3.08. The Bertz CT molecular complexity index is 689. The van der Waals surface area contributed by atoms with Crippen LogP contribution in [0.2, 0.25) is 0 Å². The van der Waals surface area contributed by atoms with Gasteiger partial charge in [0, 0.05) is 29.8 Å². The minimum Gasteiger partial charge on any atom is -0.384 e. The molecule has 0 saturated carbocycles. The Morgan fingerprint density at radius 1 is 1.43 bits per heavy atom. The zero-order chi connectivity index (χ0) is 15.7. The van der Waals surface area contributed by atoms with Crippen LogP contribution in [0.3, 0.4) is 0 Å². The number of nitrogens with two attached hydrogens (primary N) is 1. The molecule has 1 aromatic carbocycles. The van der Waals surface area contributed by atoms with E-state index < -0.39 is 0 Å². The van der Waals surface area contributed by atoms with Crippen LogP contribution in [0, 0.1) is 23.0 Å². The number of aryl methyl sites for hydroxylation is 2. The second kappa shape index (κ2) is 5.55. The molecule has 0 unspecified atom stereocenters. The maximum atomic E-state index is 10.9. The third-order valence-electron chi connectivity index (χ3n) is 3.47. The zero-order valence-corrected chi connectivity index (χ0v) is 12.8. The van der Waals surface area contributed by atoms with Crippen LogP contribution in [0.5, 0.6) is 0 Å². The van der Waals surface area contributed by atoms with Gasteiger partial charge in [-0.25, -0.2) is 0 Å². The van der Waals surface area contributed by atoms with Gasteiger partial charge in [0.25, 0.3) is 5.69 Å². The molecule has 2 aromatic rings. The number of nitrogens with zero attached hydrogens (tertiary/aromatic N) is 3. The number of hydrogen-bond acceptors (Lipinski definition) is 4. The fraction of sp³-hybridized carbons (Fsp3) is 0.400. The van der Waals surface area contributed by atoms with Gasteiger partial charge in [0.15, 0.2) is 0 Å². The van der Waals surface area contributed by atoms with Crippen LogP contribution in [0.4, 0.5) is 11.5 Å². The highest BCUT2D eigenvalue weighted by Crippen LogP contribution is 2.31. The maximum absolute atomic E-state index is 10.9. The molecule has 0 aliphatic carbocycles. The number of nitro benzene ring substituents is 1. The van der Waals surface area contributed by atoms with Gasteiger partial charge >= 0.3 is 0 Å². The van der Waals surface area contributed by atoms with Crippen LogP contribution in [-0.2, 0) is 13.5 Å². The molecular weight excluding hydrogens is 268 g/mol. The molecule has 1 heterocycles. The SMILES string of the molecule is Cc1cc(-c2nn(C)c(N)c2CC(C)C)ccc1[N+](=O)[O-]. The molecule has 0 fully saturated rings. The summed E-state index contributed by atoms with van der Waals surface area (Å²) < 4.78 is 1.66. The van der Waals surface area contributed by atoms with E-state index in [2.05, 4.69) is 18.9 Å². The first kappa shape index (κ1) is 15.0. The topological polar surface area (TPSA) is 87.0 Å². The molecule has 112 valence electrons. The van der Waals surface area contributed by atoms with Crippen LogP contribution < -0.4 is 5.73 Å². The molecule has 21 heavy (non-hydrogen) atoms. The van der Waals surface area contributed by atoms with Crippen LogP contribution in [0.25, 0.3) is 11.3 Å². The summed E-state index contributed by atoms with van der Waals surface area (Å²) in [6.07, 6.45) is 0.824. The van der Waals surface area contributed by atoms with Gasteiger partial charge in [-0.1, -0.05) is 13.8 Å². The summed E-state index contributed by atoms with van der Waals surface area (Å²) in [7, 11) is 1.81. The van der Waals surface area contributed by atoms with E-state index in [-0.39, 0.29) is 10.6 Å². The molecule has 0 bridgehead atoms. The molecule has 0 spiro atoms. The van der Waals surface area contributed by atoms with Crippen LogP contribution in [-0.4, -0.2) is 14.7 Å². The average Bonchev–Trinajstić information content (AvgIpc) is 2.66. The highest BCUT2D eigenvalue weighted by atomic mass is 16.6. The molecular formula is C15H20N4O2. The van der Waals surface area contributed by atoms with Gasteiger partial charge in [0.1, 0.15) is 5.82 Å². The van der Waals surface area contributed by atoms with Gasteiger partial charge in [0.05, 0.1) is 10.6 Å². The van der Waals surface area contributed by atoms with Gasteiger partial charge in [0.2, 0.25) is 0 Å². The Balaban J connectivity index is 2.54. The first-order valence-electron chi connectivity index (χ1n) is 6.88. The number of aromatic nitrogens is 2. The average molecular weight is 288 g/mol. The number of anilines is 1. The minimum absolute atomic E-state index is 0.119. The Kier molecular flexibility index (Phi) is 3.97. The molecule has 0 radical (unpaired) electrons. The van der Waals surface area contributed by atoms with E-state index in [1.807, 2.05) is 0 Å². The number of rotatable bonds is 4. The van der Waals surface area contributed by atoms with Gasteiger partial charge in [-0.3, -0.25) is 14.8 Å². The number of nitro groups is 1. The second-order valence-corrected chi connectivity index (χ2v) is 5.69. The van der Waals surface area contributed by atoms with E-state index in [0.29, 0.717) is 17.3 Å². The number of hydrogen-bond donors (Lipinski definition) is 1. The van der Waals surface area contributed by atoms with Crippen molar-refractivity contribution in [3.8, 4) is 11.3 Å². The monoisotopic (exact) mass is 288 g/mol. The van der Waals surface area contributed by atoms with E-state index in [0.717, 1.165) is 23.2 Å². The first-order valence-corrected chi connectivity index (χ1v) is 6.88. The molecule has 6 nitrogen and oxygen atoms in total. The standard InChI is InChI=1S/C15H20N4O2/c1-9(2)7-12-14(17-18(4)15(12)16)11-5-6-13(19(20)21)10(3)8-11/h5-6,8-9H,7,16H2,1-4H3. The van der Waals surface area contributed by atoms with Gasteiger partial charge < -0.3 is 5.73 Å². The largest absolute Gasteiger partial charge is 0.384 e. The summed E-state index contributed by atoms with van der Waals surface area (Å²) in [6.45, 7) is 5.98. The zero-order valence-electron chi connectivity index (χ0n) is 12.8. The third kappa shape index (κ3) is 2.89. The summed E-state index contributed by atoms with van der Waals surface area (Å²) >= 11 is 0. The second-order valence-electron chi connectivity index (χ2n) is 5.69. The van der Waals surface area contributed by atoms with Crippen molar-refractivity contribution in [3.63, 3.8) is 0 Å². The molecule has 0 amide bonds. The van der Waals surface area contributed by atoms with Crippen LogP contribution >= 0.6 is 0 Å². The molecule has 0 atom stereocenters. The van der Waals surface area contributed by atoms with E-state index in [9.17, 15) is 10.1 Å². The van der Waals surface area contributed by atoms with Gasteiger partial charge in [-0.05, 0) is 31.4 Å². The van der Waals surface area contributed by atoms with Crippen LogP contribution in [0.15, 0.2) is 18.2 Å². The van der Waals surface area contributed by atoms with Crippen molar-refractivity contribution in [2.24, 2.45) is 13.0 Å². The molecule has 6 heteroatoms. The summed E-state index contributed by atoms with van der Waals surface area (Å²) in [5, 5.41) is 15.4. The lowest BCUT2D eigenvalue weighted by Crippen LogP contribution is -2.02. The number of nitrogen functional groups attached to an aromatic ring is 1. The van der Waals surface area contributed by atoms with Crippen molar-refractivity contribution < 1.29 is 4.92 Å². The normalized spacial score (nSPS) is 11.1. The molecule has 0 aliphatic rings. The Hall–Kier alpha value is -2.37. The summed E-state index contributed by atoms with van der Waals surface area (Å²) in [5.74, 6) is 1.10. The molecule has 1 aromatic heterocycles. The number of benzene rings is 1. The molecule has 0 aliphatic heterocycles. The Morgan fingerprint density at radius 2 is 2.10 bits per heavy atom. The molecule has 2 N–H and O–H groups in total. The fourth-order valence-corrected chi connectivity index (χ4v) is 2.43. The van der Waals surface area contributed by atoms with E-state index >= 15 is 0 Å². The minimum atomic E-state index is -0.374. The highest BCUT2D eigenvalue weighted by molar-refractivity contribution is 5.70. The fourth-order valence-electron chi connectivity index (χ4n) is 2.43. The van der Waals surface area contributed by atoms with Crippen molar-refractivity contribution >= 4 is 11.5 Å². The first-order chi connectivity index (χ1) is 9.81. The van der Waals surface area contributed by atoms with E-state index in [1.54, 1.807) is 30.8 Å². The van der Waals surface area contributed by atoms with E-state index in [1.165, 1.54) is 6.07 Å². The molecule has 2 rings (SSSR count). The predicted molar refractivity (Wildman–Crippen MR) is 83.0 cm³/mol. The Morgan fingerprint density at radius 3 is 2.62 bits per heavy atom. The third-order valence-corrected chi connectivity index (χ3v) is 3.47. The van der Waals surface area contributed by atoms with Crippen LogP contribution in [0.1, 0.15) is 25.0 Å². The van der Waals surface area contributed by atoms with Crippen molar-refractivity contribution in [1.82, 2.24) is 9.78 Å². The lowest BCUT2D eigenvalue weighted by atomic mass is 9.98. The maximum Gasteiger partial charge on any atom is 0.272 e. The summed E-state index contributed by atoms with van der Waals surface area (Å²) in [6, 6.07) is 5.05. The quantitative estimate of drug-likeness (QED) is 0.691. The summed E-state index contributed by atoms with van der Waals surface area (Å²) in [4.78, 5) is 10.5. The lowest BCUT2D eigenvalue weighted by Gasteiger charge is -2.07. The smallest absolute Gasteiger partial charge is 0.272 e. The van der Waals surface area contributed by atoms with Crippen molar-refractivity contribution in [3.05, 3.63) is 39.4 Å². The van der Waals surface area contributed by atoms with Crippen molar-refractivity contribution in [2.75, 3.05) is 5.73 Å². The van der Waals surface area contributed by atoms with E-state index in [4.69, 9.17) is 5.73 Å². The lowest BCUT2D eigenvalue weighted by molar-refractivity contribution is -0.385. The van der Waals surface area contributed by atoms with Crippen molar-refractivity contribution in [2.45, 2.75) is 27.2 Å². The highest BCUT2D eigenvalue weighted by Gasteiger charge is 2.18. The van der Waals surface area contributed by atoms with Gasteiger partial charge in [-0.15, -0.1) is 0 Å².